The molecule has 0 aromatic carbocycles. The molecule has 0 aromatic heterocycles. The van der Waals surface area contributed by atoms with Gasteiger partial charge in [-0.25, -0.2) is 0 Å². The molecular weight excluding hydrogens is 594 g/mol. The van der Waals surface area contributed by atoms with Gasteiger partial charge in [0.2, 0.25) is 0 Å². The lowest BCUT2D eigenvalue weighted by atomic mass is 10.2. The zero-order valence-electron chi connectivity index (χ0n) is 28.1. The Morgan fingerprint density at radius 2 is 0.667 bits per heavy atom. The fourth-order valence-electron chi connectivity index (χ4n) is 3.28. The monoisotopic (exact) mass is 657 g/mol. The molecule has 0 aliphatic rings. The lowest BCUT2D eigenvalue weighted by Crippen LogP contribution is -2.17. The van der Waals surface area contributed by atoms with Crippen LogP contribution in [-0.2, 0) is 61.6 Å². The minimum atomic E-state index is -0.159. The zero-order valence-corrected chi connectivity index (χ0v) is 28.1. The molecular formula is C31H63NO13. The van der Waals surface area contributed by atoms with Crippen LogP contribution in [0.5, 0.6) is 0 Å². The normalized spacial score (nSPS) is 11.4. The molecule has 0 saturated carbocycles. The molecule has 0 fully saturated rings. The van der Waals surface area contributed by atoms with Gasteiger partial charge in [-0.1, -0.05) is 19.8 Å². The molecule has 270 valence electrons. The summed E-state index contributed by atoms with van der Waals surface area (Å²) in [6, 6.07) is 0. The number of ether oxygens (including phenoxy) is 12. The van der Waals surface area contributed by atoms with Crippen LogP contribution < -0.4 is 5.32 Å². The summed E-state index contributed by atoms with van der Waals surface area (Å²) in [5.41, 5.74) is 0. The van der Waals surface area contributed by atoms with Crippen molar-refractivity contribution in [2.45, 2.75) is 32.6 Å². The van der Waals surface area contributed by atoms with E-state index in [1.807, 2.05) is 7.05 Å². The third-order valence-corrected chi connectivity index (χ3v) is 5.69. The van der Waals surface area contributed by atoms with E-state index in [2.05, 4.69) is 12.2 Å². The number of hydrogen-bond acceptors (Lipinski definition) is 14. The highest BCUT2D eigenvalue weighted by molar-refractivity contribution is 5.69. The molecule has 0 atom stereocenters. The molecule has 0 rings (SSSR count). The van der Waals surface area contributed by atoms with E-state index in [9.17, 15) is 4.79 Å². The maximum absolute atomic E-state index is 11.5. The van der Waals surface area contributed by atoms with E-state index in [0.29, 0.717) is 152 Å². The molecule has 1 N–H and O–H groups in total. The molecule has 45 heavy (non-hydrogen) atoms. The van der Waals surface area contributed by atoms with Crippen molar-refractivity contribution in [2.24, 2.45) is 0 Å². The lowest BCUT2D eigenvalue weighted by Gasteiger charge is -2.09. The van der Waals surface area contributed by atoms with E-state index in [-0.39, 0.29) is 12.6 Å². The highest BCUT2D eigenvalue weighted by Gasteiger charge is 2.02. The number of hydrogen-bond donors (Lipinski definition) is 1. The fourth-order valence-corrected chi connectivity index (χ4v) is 3.28. The van der Waals surface area contributed by atoms with Crippen molar-refractivity contribution in [1.29, 1.82) is 0 Å². The summed E-state index contributed by atoms with van der Waals surface area (Å²) < 4.78 is 64.9. The number of nitrogens with one attached hydrogen (secondary N) is 1. The first-order valence-corrected chi connectivity index (χ1v) is 16.5. The summed E-state index contributed by atoms with van der Waals surface area (Å²) in [4.78, 5) is 11.5. The van der Waals surface area contributed by atoms with Crippen LogP contribution in [-0.4, -0.2) is 172 Å². The second-order valence-electron chi connectivity index (χ2n) is 9.52. The predicted octanol–water partition coefficient (Wildman–Crippen LogP) is 1.51. The Bertz CT molecular complexity index is 564. The van der Waals surface area contributed by atoms with Crippen molar-refractivity contribution < 1.29 is 61.6 Å². The number of unbranched alkanes of at least 4 members (excludes halogenated alkanes) is 2. The van der Waals surface area contributed by atoms with Crippen molar-refractivity contribution >= 4 is 5.97 Å². The molecule has 0 aliphatic carbocycles. The Kier molecular flexibility index (Phi) is 40.1. The van der Waals surface area contributed by atoms with E-state index >= 15 is 0 Å². The predicted molar refractivity (Wildman–Crippen MR) is 168 cm³/mol. The van der Waals surface area contributed by atoms with E-state index in [1.54, 1.807) is 0 Å². The maximum atomic E-state index is 11.5. The Hall–Kier alpha value is -1.01. The van der Waals surface area contributed by atoms with Gasteiger partial charge in [0.1, 0.15) is 6.61 Å². The van der Waals surface area contributed by atoms with Gasteiger partial charge in [-0.2, -0.15) is 0 Å². The summed E-state index contributed by atoms with van der Waals surface area (Å²) in [7, 11) is 1.89. The van der Waals surface area contributed by atoms with Crippen molar-refractivity contribution in [3.05, 3.63) is 0 Å². The number of rotatable bonds is 40. The quantitative estimate of drug-likeness (QED) is 0.0752. The molecule has 14 nitrogen and oxygen atoms in total. The zero-order chi connectivity index (χ0) is 32.6. The van der Waals surface area contributed by atoms with Crippen LogP contribution in [0.4, 0.5) is 0 Å². The third kappa shape index (κ3) is 41.0. The molecule has 0 unspecified atom stereocenters. The van der Waals surface area contributed by atoms with Gasteiger partial charge in [0.05, 0.1) is 145 Å². The third-order valence-electron chi connectivity index (χ3n) is 5.69. The molecule has 0 spiro atoms. The van der Waals surface area contributed by atoms with Crippen LogP contribution in [0.1, 0.15) is 32.6 Å². The number of esters is 1. The summed E-state index contributed by atoms with van der Waals surface area (Å²) in [5.74, 6) is -0.159. The van der Waals surface area contributed by atoms with Crippen molar-refractivity contribution in [3.63, 3.8) is 0 Å². The van der Waals surface area contributed by atoms with Crippen molar-refractivity contribution in [1.82, 2.24) is 5.32 Å². The first-order chi connectivity index (χ1) is 22.3. The number of likely N-dealkylation sites (N-methyl/N-ethyl adjacent to an activating group) is 1. The summed E-state index contributed by atoms with van der Waals surface area (Å²) in [5, 5.41) is 3.02. The van der Waals surface area contributed by atoms with E-state index in [1.165, 1.54) is 0 Å². The van der Waals surface area contributed by atoms with Crippen LogP contribution in [0, 0.1) is 0 Å². The van der Waals surface area contributed by atoms with Gasteiger partial charge in [0, 0.05) is 13.0 Å². The summed E-state index contributed by atoms with van der Waals surface area (Å²) in [6.07, 6.45) is 3.49. The average Bonchev–Trinajstić information content (AvgIpc) is 3.04. The van der Waals surface area contributed by atoms with Gasteiger partial charge >= 0.3 is 5.97 Å². The summed E-state index contributed by atoms with van der Waals surface area (Å²) >= 11 is 0. The minimum absolute atomic E-state index is 0.159. The summed E-state index contributed by atoms with van der Waals surface area (Å²) in [6.45, 7) is 14.6. The minimum Gasteiger partial charge on any atom is -0.463 e. The smallest absolute Gasteiger partial charge is 0.305 e. The van der Waals surface area contributed by atoms with Gasteiger partial charge in [0.25, 0.3) is 0 Å². The SMILES string of the molecule is CCCCCC(=O)OCCOCCOCCOCCOCCOCCOCCOCCOCCOCCOCCOCCNC. The van der Waals surface area contributed by atoms with Crippen LogP contribution in [0.3, 0.4) is 0 Å². The molecule has 0 saturated heterocycles. The first-order valence-electron chi connectivity index (χ1n) is 16.5. The maximum Gasteiger partial charge on any atom is 0.305 e. The fraction of sp³-hybridized carbons (Fsp3) is 0.968. The van der Waals surface area contributed by atoms with Gasteiger partial charge < -0.3 is 62.2 Å². The molecule has 0 aliphatic heterocycles. The Morgan fingerprint density at radius 3 is 0.933 bits per heavy atom. The van der Waals surface area contributed by atoms with Gasteiger partial charge in [0.15, 0.2) is 0 Å². The standard InChI is InChI=1S/C31H63NO13/c1-3-4-5-6-31(33)45-30-29-44-28-27-43-26-25-42-24-23-41-22-21-40-20-19-39-18-17-38-16-15-37-14-13-36-12-11-35-10-9-34-8-7-32-2/h32H,3-30H2,1-2H3. The van der Waals surface area contributed by atoms with E-state index in [0.717, 1.165) is 25.8 Å². The molecule has 0 heterocycles. The van der Waals surface area contributed by atoms with Crippen LogP contribution in [0.15, 0.2) is 0 Å². The second kappa shape index (κ2) is 41.0. The van der Waals surface area contributed by atoms with Crippen molar-refractivity contribution in [2.75, 3.05) is 166 Å². The van der Waals surface area contributed by atoms with Gasteiger partial charge in [-0.15, -0.1) is 0 Å². The Labute approximate surface area is 271 Å². The number of carbonyl (C=O) groups excluding carboxylic acids is 1. The molecule has 0 radical (unpaired) electrons. The first kappa shape index (κ1) is 44.0. The van der Waals surface area contributed by atoms with E-state index in [4.69, 9.17) is 56.8 Å². The average molecular weight is 658 g/mol. The highest BCUT2D eigenvalue weighted by Crippen LogP contribution is 2.00. The van der Waals surface area contributed by atoms with Crippen LogP contribution in [0.2, 0.25) is 0 Å². The second-order valence-corrected chi connectivity index (χ2v) is 9.52. The molecule has 0 aromatic rings. The Balaban J connectivity index is 3.07. The topological polar surface area (TPSA) is 140 Å². The van der Waals surface area contributed by atoms with E-state index < -0.39 is 0 Å². The molecule has 0 bridgehead atoms. The Morgan fingerprint density at radius 1 is 0.400 bits per heavy atom. The van der Waals surface area contributed by atoms with Gasteiger partial charge in [-0.05, 0) is 13.5 Å². The molecule has 0 amide bonds. The largest absolute Gasteiger partial charge is 0.463 e. The van der Waals surface area contributed by atoms with Gasteiger partial charge in [-0.3, -0.25) is 4.79 Å². The molecule has 14 heteroatoms. The van der Waals surface area contributed by atoms with Crippen LogP contribution in [0.25, 0.3) is 0 Å². The highest BCUT2D eigenvalue weighted by atomic mass is 16.6. The van der Waals surface area contributed by atoms with Crippen LogP contribution >= 0.6 is 0 Å². The van der Waals surface area contributed by atoms with Crippen molar-refractivity contribution in [3.8, 4) is 0 Å². The lowest BCUT2D eigenvalue weighted by molar-refractivity contribution is -0.145. The number of carbonyl (C=O) groups is 1.